The van der Waals surface area contributed by atoms with Crippen molar-refractivity contribution in [2.45, 2.75) is 0 Å². The molecule has 3 aromatic heterocycles. The Hall–Kier alpha value is -3.55. The van der Waals surface area contributed by atoms with Crippen molar-refractivity contribution in [1.29, 1.82) is 0 Å². The fraction of sp³-hybridized carbons (Fsp3) is 0.211. The number of aromatic amines is 1. The van der Waals surface area contributed by atoms with Gasteiger partial charge in [0.05, 0.1) is 38.9 Å². The van der Waals surface area contributed by atoms with Crippen LogP contribution in [0.4, 0.5) is 0 Å². The molecule has 0 fully saturated rings. The molecular weight excluding hydrogens is 346 g/mol. The molecule has 1 N–H and O–H groups in total. The molecule has 4 aromatic rings. The highest BCUT2D eigenvalue weighted by molar-refractivity contribution is 5.91. The number of H-pyrrole nitrogens is 1. The van der Waals surface area contributed by atoms with Gasteiger partial charge in [0.2, 0.25) is 5.75 Å². The summed E-state index contributed by atoms with van der Waals surface area (Å²) in [7, 11) is 6.63. The first-order chi connectivity index (χ1) is 13.1. The van der Waals surface area contributed by atoms with Crippen LogP contribution >= 0.6 is 0 Å². The fourth-order valence-corrected chi connectivity index (χ4v) is 3.06. The number of ether oxygens (including phenoxy) is 3. The lowest BCUT2D eigenvalue weighted by atomic mass is 10.1. The Morgan fingerprint density at radius 2 is 1.70 bits per heavy atom. The van der Waals surface area contributed by atoms with E-state index in [9.17, 15) is 0 Å². The predicted molar refractivity (Wildman–Crippen MR) is 101 cm³/mol. The van der Waals surface area contributed by atoms with E-state index >= 15 is 0 Å². The highest BCUT2D eigenvalue weighted by Gasteiger charge is 2.16. The van der Waals surface area contributed by atoms with Crippen molar-refractivity contribution >= 4 is 11.0 Å². The molecule has 0 spiro atoms. The maximum atomic E-state index is 5.43. The van der Waals surface area contributed by atoms with Crippen LogP contribution in [0.25, 0.3) is 33.5 Å². The summed E-state index contributed by atoms with van der Waals surface area (Å²) in [6, 6.07) is 7.67. The number of hydrogen-bond donors (Lipinski definition) is 1. The van der Waals surface area contributed by atoms with E-state index < -0.39 is 0 Å². The standard InChI is InChI=1S/C19H19N5O3/c1-24-10-12(9-20-24)17-13-5-6-14(21-19(13)23-22-17)11-7-15(25-2)18(27-4)16(8-11)26-3/h5-10H,1-4H3,(H,21,22,23). The maximum Gasteiger partial charge on any atom is 0.203 e. The van der Waals surface area contributed by atoms with Gasteiger partial charge in [0.1, 0.15) is 0 Å². The first kappa shape index (κ1) is 16.9. The lowest BCUT2D eigenvalue weighted by molar-refractivity contribution is 0.324. The van der Waals surface area contributed by atoms with Gasteiger partial charge in [-0.1, -0.05) is 0 Å². The van der Waals surface area contributed by atoms with Crippen LogP contribution in [0.1, 0.15) is 0 Å². The molecule has 0 saturated heterocycles. The molecule has 0 aliphatic rings. The summed E-state index contributed by atoms with van der Waals surface area (Å²) < 4.78 is 18.0. The molecule has 0 aliphatic heterocycles. The zero-order chi connectivity index (χ0) is 19.0. The quantitative estimate of drug-likeness (QED) is 0.585. The first-order valence-corrected chi connectivity index (χ1v) is 8.29. The summed E-state index contributed by atoms with van der Waals surface area (Å²) in [5.74, 6) is 1.70. The number of methoxy groups -OCH3 is 3. The second-order valence-electron chi connectivity index (χ2n) is 5.98. The highest BCUT2D eigenvalue weighted by atomic mass is 16.5. The van der Waals surface area contributed by atoms with Crippen molar-refractivity contribution in [2.24, 2.45) is 7.05 Å². The van der Waals surface area contributed by atoms with E-state index in [2.05, 4.69) is 20.3 Å². The average Bonchev–Trinajstić information content (AvgIpc) is 3.31. The molecule has 1 aromatic carbocycles. The van der Waals surface area contributed by atoms with Gasteiger partial charge >= 0.3 is 0 Å². The Balaban J connectivity index is 1.81. The maximum absolute atomic E-state index is 5.43. The van der Waals surface area contributed by atoms with Gasteiger partial charge in [0.15, 0.2) is 17.1 Å². The summed E-state index contributed by atoms with van der Waals surface area (Å²) in [5, 5.41) is 12.5. The van der Waals surface area contributed by atoms with Gasteiger partial charge in [-0.05, 0) is 24.3 Å². The Bertz CT molecular complexity index is 1090. The lowest BCUT2D eigenvalue weighted by Crippen LogP contribution is -1.96. The number of nitrogens with one attached hydrogen (secondary N) is 1. The number of rotatable bonds is 5. The van der Waals surface area contributed by atoms with E-state index in [4.69, 9.17) is 14.2 Å². The summed E-state index contributed by atoms with van der Waals surface area (Å²) >= 11 is 0. The van der Waals surface area contributed by atoms with Crippen LogP contribution in [0.2, 0.25) is 0 Å². The second-order valence-corrected chi connectivity index (χ2v) is 5.98. The van der Waals surface area contributed by atoms with Crippen LogP contribution in [0.15, 0.2) is 36.7 Å². The predicted octanol–water partition coefficient (Wildman–Crippen LogP) is 3.05. The highest BCUT2D eigenvalue weighted by Crippen LogP contribution is 2.41. The number of hydrogen-bond acceptors (Lipinski definition) is 6. The third-order valence-electron chi connectivity index (χ3n) is 4.37. The van der Waals surface area contributed by atoms with Crippen LogP contribution < -0.4 is 14.2 Å². The van der Waals surface area contributed by atoms with Gasteiger partial charge < -0.3 is 14.2 Å². The van der Waals surface area contributed by atoms with E-state index in [1.54, 1.807) is 32.2 Å². The van der Waals surface area contributed by atoms with Gasteiger partial charge in [-0.25, -0.2) is 4.98 Å². The first-order valence-electron chi connectivity index (χ1n) is 8.29. The van der Waals surface area contributed by atoms with Gasteiger partial charge in [-0.2, -0.15) is 10.2 Å². The number of aryl methyl sites for hydroxylation is 1. The fourth-order valence-electron chi connectivity index (χ4n) is 3.06. The number of pyridine rings is 1. The molecule has 0 saturated carbocycles. The third kappa shape index (κ3) is 2.84. The number of aromatic nitrogens is 5. The van der Waals surface area contributed by atoms with Gasteiger partial charge in [0, 0.05) is 29.8 Å². The van der Waals surface area contributed by atoms with Gasteiger partial charge in [-0.15, -0.1) is 0 Å². The summed E-state index contributed by atoms with van der Waals surface area (Å²) in [6.45, 7) is 0. The zero-order valence-corrected chi connectivity index (χ0v) is 15.5. The monoisotopic (exact) mass is 365 g/mol. The lowest BCUT2D eigenvalue weighted by Gasteiger charge is -2.13. The molecule has 0 atom stereocenters. The minimum atomic E-state index is 0.545. The van der Waals surface area contributed by atoms with Crippen molar-refractivity contribution in [1.82, 2.24) is 25.0 Å². The molecule has 4 rings (SSSR count). The normalized spacial score (nSPS) is 11.0. The number of nitrogens with zero attached hydrogens (tertiary/aromatic N) is 4. The molecule has 27 heavy (non-hydrogen) atoms. The zero-order valence-electron chi connectivity index (χ0n) is 15.5. The molecule has 0 aliphatic carbocycles. The van der Waals surface area contributed by atoms with E-state index in [-0.39, 0.29) is 0 Å². The van der Waals surface area contributed by atoms with Crippen molar-refractivity contribution < 1.29 is 14.2 Å². The van der Waals surface area contributed by atoms with Gasteiger partial charge in [0.25, 0.3) is 0 Å². The van der Waals surface area contributed by atoms with E-state index in [1.165, 1.54) is 0 Å². The SMILES string of the molecule is COc1cc(-c2ccc3c(-c4cnn(C)c4)[nH]nc3n2)cc(OC)c1OC. The summed E-state index contributed by atoms with van der Waals surface area (Å²) in [4.78, 5) is 4.68. The number of benzene rings is 1. The molecule has 0 bridgehead atoms. The van der Waals surface area contributed by atoms with Crippen LogP contribution in [-0.2, 0) is 7.05 Å². The van der Waals surface area contributed by atoms with Crippen molar-refractivity contribution in [2.75, 3.05) is 21.3 Å². The summed E-state index contributed by atoms with van der Waals surface area (Å²) in [5.41, 5.74) is 4.08. The molecule has 3 heterocycles. The van der Waals surface area contributed by atoms with Crippen LogP contribution in [0.3, 0.4) is 0 Å². The van der Waals surface area contributed by atoms with E-state index in [0.717, 1.165) is 27.9 Å². The third-order valence-corrected chi connectivity index (χ3v) is 4.37. The molecular formula is C19H19N5O3. The molecule has 138 valence electrons. The number of fused-ring (bicyclic) bond motifs is 1. The Kier molecular flexibility index (Phi) is 4.15. The molecule has 0 unspecified atom stereocenters. The van der Waals surface area contributed by atoms with Crippen LogP contribution in [-0.4, -0.2) is 46.3 Å². The average molecular weight is 365 g/mol. The Morgan fingerprint density at radius 1 is 0.963 bits per heavy atom. The van der Waals surface area contributed by atoms with Crippen molar-refractivity contribution in [3.05, 3.63) is 36.7 Å². The van der Waals surface area contributed by atoms with Crippen molar-refractivity contribution in [3.8, 4) is 39.8 Å². The smallest absolute Gasteiger partial charge is 0.203 e. The largest absolute Gasteiger partial charge is 0.493 e. The van der Waals surface area contributed by atoms with Crippen LogP contribution in [0, 0.1) is 0 Å². The minimum Gasteiger partial charge on any atom is -0.493 e. The second kappa shape index (κ2) is 6.64. The topological polar surface area (TPSA) is 87.1 Å². The molecule has 0 radical (unpaired) electrons. The van der Waals surface area contributed by atoms with E-state index in [0.29, 0.717) is 22.9 Å². The molecule has 8 nitrogen and oxygen atoms in total. The Morgan fingerprint density at radius 3 is 2.30 bits per heavy atom. The van der Waals surface area contributed by atoms with Crippen LogP contribution in [0.5, 0.6) is 17.2 Å². The van der Waals surface area contributed by atoms with E-state index in [1.807, 2.05) is 37.5 Å². The Labute approximate surface area is 155 Å². The van der Waals surface area contributed by atoms with Crippen molar-refractivity contribution in [3.63, 3.8) is 0 Å². The summed E-state index contributed by atoms with van der Waals surface area (Å²) in [6.07, 6.45) is 3.72. The molecule has 0 amide bonds. The molecule has 8 heteroatoms. The van der Waals surface area contributed by atoms with Gasteiger partial charge in [-0.3, -0.25) is 9.78 Å². The minimum absolute atomic E-state index is 0.545.